The topological polar surface area (TPSA) is 58.6 Å². The predicted molar refractivity (Wildman–Crippen MR) is 80.7 cm³/mol. The summed E-state index contributed by atoms with van der Waals surface area (Å²) in [4.78, 5) is 27.0. The first-order valence-electron chi connectivity index (χ1n) is 8.02. The maximum atomic E-state index is 12.8. The first-order chi connectivity index (χ1) is 9.77. The lowest BCUT2D eigenvalue weighted by molar-refractivity contribution is -0.156. The third kappa shape index (κ3) is 3.07. The van der Waals surface area contributed by atoms with Gasteiger partial charge in [-0.25, -0.2) is 0 Å². The van der Waals surface area contributed by atoms with Crippen molar-refractivity contribution in [3.8, 4) is 0 Å². The quantitative estimate of drug-likeness (QED) is 0.856. The maximum absolute atomic E-state index is 12.8. The number of nitrogens with zero attached hydrogens (tertiary/aromatic N) is 1. The summed E-state index contributed by atoms with van der Waals surface area (Å²) < 4.78 is 5.73. The smallest absolute Gasteiger partial charge is 0.248 e. The van der Waals surface area contributed by atoms with E-state index in [1.54, 1.807) is 18.7 Å². The van der Waals surface area contributed by atoms with Crippen molar-refractivity contribution < 1.29 is 14.3 Å². The molecule has 0 aromatic heterocycles. The molecule has 120 valence electrons. The fourth-order valence-electron chi connectivity index (χ4n) is 3.53. The number of rotatable bonds is 4. The molecule has 0 saturated carbocycles. The molecule has 2 fully saturated rings. The van der Waals surface area contributed by atoms with Crippen LogP contribution in [-0.2, 0) is 14.3 Å². The Hall–Kier alpha value is -1.10. The fraction of sp³-hybridized carbons (Fsp3) is 0.875. The molecule has 0 spiro atoms. The zero-order chi connectivity index (χ0) is 15.8. The first kappa shape index (κ1) is 16.3. The van der Waals surface area contributed by atoms with Gasteiger partial charge in [-0.05, 0) is 32.6 Å². The SMILES string of the molecule is CCC1OCCC1CN1C(=O)C(C)(C)NC(=O)C1C(C)C. The van der Waals surface area contributed by atoms with E-state index in [0.29, 0.717) is 12.5 Å². The Morgan fingerprint density at radius 2 is 2.05 bits per heavy atom. The van der Waals surface area contributed by atoms with Crippen molar-refractivity contribution in [3.63, 3.8) is 0 Å². The van der Waals surface area contributed by atoms with E-state index < -0.39 is 5.54 Å². The second-order valence-electron chi connectivity index (χ2n) is 7.13. The number of piperazine rings is 1. The normalized spacial score (nSPS) is 32.7. The van der Waals surface area contributed by atoms with Crippen LogP contribution in [0.1, 0.15) is 47.5 Å². The highest BCUT2D eigenvalue weighted by Gasteiger charge is 2.47. The third-order valence-electron chi connectivity index (χ3n) is 4.65. The monoisotopic (exact) mass is 296 g/mol. The summed E-state index contributed by atoms with van der Waals surface area (Å²) in [7, 11) is 0. The van der Waals surface area contributed by atoms with Gasteiger partial charge in [-0.3, -0.25) is 9.59 Å². The van der Waals surface area contributed by atoms with Crippen molar-refractivity contribution in [3.05, 3.63) is 0 Å². The highest BCUT2D eigenvalue weighted by atomic mass is 16.5. The Morgan fingerprint density at radius 1 is 1.38 bits per heavy atom. The summed E-state index contributed by atoms with van der Waals surface area (Å²) in [5.41, 5.74) is -0.816. The van der Waals surface area contributed by atoms with Gasteiger partial charge in [0.25, 0.3) is 0 Å². The lowest BCUT2D eigenvalue weighted by Gasteiger charge is -2.45. The summed E-state index contributed by atoms with van der Waals surface area (Å²) in [5, 5.41) is 2.86. The highest BCUT2D eigenvalue weighted by molar-refractivity contribution is 5.99. The lowest BCUT2D eigenvalue weighted by atomic mass is 9.89. The number of hydrogen-bond donors (Lipinski definition) is 1. The molecule has 2 heterocycles. The van der Waals surface area contributed by atoms with Crippen LogP contribution in [0.15, 0.2) is 0 Å². The van der Waals surface area contributed by atoms with E-state index in [9.17, 15) is 9.59 Å². The van der Waals surface area contributed by atoms with Crippen molar-refractivity contribution >= 4 is 11.8 Å². The molecule has 2 aliphatic rings. The van der Waals surface area contributed by atoms with E-state index in [-0.39, 0.29) is 29.9 Å². The van der Waals surface area contributed by atoms with Crippen LogP contribution in [0.3, 0.4) is 0 Å². The van der Waals surface area contributed by atoms with Crippen molar-refractivity contribution in [2.75, 3.05) is 13.2 Å². The van der Waals surface area contributed by atoms with Gasteiger partial charge in [-0.2, -0.15) is 0 Å². The summed E-state index contributed by atoms with van der Waals surface area (Å²) in [6.07, 6.45) is 2.13. The van der Waals surface area contributed by atoms with Gasteiger partial charge in [0.1, 0.15) is 11.6 Å². The average molecular weight is 296 g/mol. The number of ether oxygens (including phenoxy) is 1. The van der Waals surface area contributed by atoms with Crippen LogP contribution >= 0.6 is 0 Å². The second-order valence-corrected chi connectivity index (χ2v) is 7.13. The molecule has 1 N–H and O–H groups in total. The van der Waals surface area contributed by atoms with Gasteiger partial charge < -0.3 is 15.0 Å². The van der Waals surface area contributed by atoms with Crippen LogP contribution in [-0.4, -0.2) is 47.6 Å². The van der Waals surface area contributed by atoms with Crippen LogP contribution in [0.25, 0.3) is 0 Å². The van der Waals surface area contributed by atoms with E-state index >= 15 is 0 Å². The molecule has 0 bridgehead atoms. The standard InChI is InChI=1S/C16H28N2O3/c1-6-12-11(7-8-21-12)9-18-13(10(2)3)14(19)17-16(4,5)15(18)20/h10-13H,6-9H2,1-5H3,(H,17,19). The predicted octanol–water partition coefficient (Wildman–Crippen LogP) is 1.56. The second kappa shape index (κ2) is 5.95. The van der Waals surface area contributed by atoms with Gasteiger partial charge in [0.2, 0.25) is 11.8 Å². The molecule has 0 aromatic carbocycles. The van der Waals surface area contributed by atoms with E-state index in [4.69, 9.17) is 4.74 Å². The van der Waals surface area contributed by atoms with Gasteiger partial charge in [-0.1, -0.05) is 20.8 Å². The Balaban J connectivity index is 2.22. The minimum absolute atomic E-state index is 0.0163. The van der Waals surface area contributed by atoms with Gasteiger partial charge >= 0.3 is 0 Å². The molecule has 2 rings (SSSR count). The van der Waals surface area contributed by atoms with Crippen molar-refractivity contribution in [1.29, 1.82) is 0 Å². The first-order valence-corrected chi connectivity index (χ1v) is 8.02. The zero-order valence-corrected chi connectivity index (χ0v) is 13.8. The van der Waals surface area contributed by atoms with E-state index in [2.05, 4.69) is 12.2 Å². The molecule has 3 atom stereocenters. The van der Waals surface area contributed by atoms with Gasteiger partial charge in [0, 0.05) is 19.1 Å². The molecular formula is C16H28N2O3. The maximum Gasteiger partial charge on any atom is 0.248 e. The number of hydrogen-bond acceptors (Lipinski definition) is 3. The van der Waals surface area contributed by atoms with Crippen LogP contribution < -0.4 is 5.32 Å². The molecule has 21 heavy (non-hydrogen) atoms. The van der Waals surface area contributed by atoms with Crippen molar-refractivity contribution in [2.45, 2.75) is 65.1 Å². The molecule has 5 heteroatoms. The number of carbonyl (C=O) groups excluding carboxylic acids is 2. The van der Waals surface area contributed by atoms with Gasteiger partial charge in [0.05, 0.1) is 6.10 Å². The molecule has 2 saturated heterocycles. The number of amides is 2. The molecule has 0 radical (unpaired) electrons. The average Bonchev–Trinajstić information content (AvgIpc) is 2.81. The minimum atomic E-state index is -0.816. The van der Waals surface area contributed by atoms with Gasteiger partial charge in [-0.15, -0.1) is 0 Å². The molecule has 2 amide bonds. The van der Waals surface area contributed by atoms with Crippen LogP contribution in [0.5, 0.6) is 0 Å². The zero-order valence-electron chi connectivity index (χ0n) is 13.8. The van der Waals surface area contributed by atoms with Crippen LogP contribution in [0.2, 0.25) is 0 Å². The third-order valence-corrected chi connectivity index (χ3v) is 4.65. The lowest BCUT2D eigenvalue weighted by Crippen LogP contribution is -2.69. The Bertz CT molecular complexity index is 420. The Labute approximate surface area is 127 Å². The molecule has 3 unspecified atom stereocenters. The van der Waals surface area contributed by atoms with E-state index in [0.717, 1.165) is 19.4 Å². The van der Waals surface area contributed by atoms with E-state index in [1.807, 2.05) is 13.8 Å². The minimum Gasteiger partial charge on any atom is -0.378 e. The van der Waals surface area contributed by atoms with Crippen molar-refractivity contribution in [2.24, 2.45) is 11.8 Å². The highest BCUT2D eigenvalue weighted by Crippen LogP contribution is 2.29. The molecule has 0 aromatic rings. The molecule has 2 aliphatic heterocycles. The number of carbonyl (C=O) groups is 2. The van der Waals surface area contributed by atoms with Crippen LogP contribution in [0.4, 0.5) is 0 Å². The molecule has 0 aliphatic carbocycles. The largest absolute Gasteiger partial charge is 0.378 e. The summed E-state index contributed by atoms with van der Waals surface area (Å²) in [6.45, 7) is 11.0. The van der Waals surface area contributed by atoms with E-state index in [1.165, 1.54) is 0 Å². The Kier molecular flexibility index (Phi) is 4.61. The summed E-state index contributed by atoms with van der Waals surface area (Å²) in [6, 6.07) is -0.372. The van der Waals surface area contributed by atoms with Crippen LogP contribution in [0, 0.1) is 11.8 Å². The van der Waals surface area contributed by atoms with Gasteiger partial charge in [0.15, 0.2) is 0 Å². The fourth-order valence-corrected chi connectivity index (χ4v) is 3.53. The van der Waals surface area contributed by atoms with Crippen molar-refractivity contribution in [1.82, 2.24) is 10.2 Å². The summed E-state index contributed by atoms with van der Waals surface area (Å²) in [5.74, 6) is 0.415. The summed E-state index contributed by atoms with van der Waals surface area (Å²) >= 11 is 0. The molecular weight excluding hydrogens is 268 g/mol. The Morgan fingerprint density at radius 3 is 2.62 bits per heavy atom. The number of nitrogens with one attached hydrogen (secondary N) is 1. The molecule has 5 nitrogen and oxygen atoms in total.